The summed E-state index contributed by atoms with van der Waals surface area (Å²) in [6.45, 7) is 0.237. The van der Waals surface area contributed by atoms with Crippen molar-refractivity contribution in [3.05, 3.63) is 64.8 Å². The minimum absolute atomic E-state index is 0.0234. The van der Waals surface area contributed by atoms with Crippen molar-refractivity contribution in [3.63, 3.8) is 0 Å². The quantitative estimate of drug-likeness (QED) is 0.485. The molecule has 172 valence electrons. The first kappa shape index (κ1) is 20.9. The molecule has 1 atom stereocenters. The number of nitrogens with zero attached hydrogens (tertiary/aromatic N) is 1. The van der Waals surface area contributed by atoms with E-state index in [1.54, 1.807) is 0 Å². The average molecular weight is 456 g/mol. The summed E-state index contributed by atoms with van der Waals surface area (Å²) in [7, 11) is 0. The molecule has 0 bridgehead atoms. The van der Waals surface area contributed by atoms with Gasteiger partial charge in [-0.15, -0.1) is 0 Å². The van der Waals surface area contributed by atoms with Gasteiger partial charge in [-0.2, -0.15) is 0 Å². The number of Topliss-reactive ketones (excluding diaryl/α,β-unsaturated/α-hetero) is 1. The minimum Gasteiger partial charge on any atom is -0.454 e. The highest BCUT2D eigenvalue weighted by Gasteiger charge is 2.30. The van der Waals surface area contributed by atoms with Gasteiger partial charge in [0, 0.05) is 11.8 Å². The van der Waals surface area contributed by atoms with Gasteiger partial charge in [0.15, 0.2) is 23.4 Å². The summed E-state index contributed by atoms with van der Waals surface area (Å²) in [5.74, 6) is 1.09. The smallest absolute Gasteiger partial charge is 0.339 e. The van der Waals surface area contributed by atoms with Gasteiger partial charge in [-0.1, -0.05) is 24.3 Å². The molecule has 6 heteroatoms. The highest BCUT2D eigenvalue weighted by atomic mass is 16.7. The van der Waals surface area contributed by atoms with Gasteiger partial charge in [-0.25, -0.2) is 9.78 Å². The molecule has 6 rings (SSSR count). The maximum Gasteiger partial charge on any atom is 0.339 e. The zero-order chi connectivity index (χ0) is 23.1. The van der Waals surface area contributed by atoms with Crippen LogP contribution in [0, 0.1) is 0 Å². The third kappa shape index (κ3) is 3.73. The summed E-state index contributed by atoms with van der Waals surface area (Å²) in [5, 5.41) is 0.777. The summed E-state index contributed by atoms with van der Waals surface area (Å²) in [6, 6.07) is 13.5. The summed E-state index contributed by atoms with van der Waals surface area (Å²) in [4.78, 5) is 30.8. The molecule has 2 aromatic carbocycles. The Balaban J connectivity index is 1.44. The van der Waals surface area contributed by atoms with Crippen LogP contribution in [0.3, 0.4) is 0 Å². The number of ketones is 1. The molecule has 34 heavy (non-hydrogen) atoms. The molecule has 0 N–H and O–H groups in total. The molecular formula is C28H25NO5. The Hall–Kier alpha value is -3.67. The molecule has 1 unspecified atom stereocenters. The molecule has 3 aromatic rings. The number of ether oxygens (including phenoxy) is 3. The SMILES string of the molecule is O=C(OC1CCCCC1=O)c1c2c(nc3ccccc13)C(=Cc1ccc3c(c1)OCO3)CCC2. The molecule has 0 radical (unpaired) electrons. The molecule has 3 aliphatic rings. The third-order valence-electron chi connectivity index (χ3n) is 6.86. The molecule has 6 nitrogen and oxygen atoms in total. The lowest BCUT2D eigenvalue weighted by Gasteiger charge is -2.25. The number of hydrogen-bond donors (Lipinski definition) is 0. The van der Waals surface area contributed by atoms with Gasteiger partial charge < -0.3 is 14.2 Å². The molecule has 1 aliphatic heterocycles. The molecule has 1 fully saturated rings. The Morgan fingerprint density at radius 3 is 2.79 bits per heavy atom. The van der Waals surface area contributed by atoms with Gasteiger partial charge in [-0.3, -0.25) is 4.79 Å². The lowest BCUT2D eigenvalue weighted by molar-refractivity contribution is -0.129. The Morgan fingerprint density at radius 1 is 1.00 bits per heavy atom. The van der Waals surface area contributed by atoms with E-state index >= 15 is 0 Å². The van der Waals surface area contributed by atoms with Crippen LogP contribution in [0.1, 0.15) is 65.7 Å². The van der Waals surface area contributed by atoms with Crippen LogP contribution in [0.4, 0.5) is 0 Å². The standard InChI is InChI=1S/C28H25NO5/c30-22-10-3-4-11-23(22)34-28(31)26-19-7-1-2-9-21(19)29-27-18(6-5-8-20(26)27)14-17-12-13-24-25(15-17)33-16-32-24/h1-2,7,9,12-15,23H,3-6,8,10-11,16H2. The first-order valence-corrected chi connectivity index (χ1v) is 11.9. The van der Waals surface area contributed by atoms with E-state index in [4.69, 9.17) is 19.2 Å². The number of carbonyl (C=O) groups is 2. The van der Waals surface area contributed by atoms with E-state index in [9.17, 15) is 9.59 Å². The van der Waals surface area contributed by atoms with Gasteiger partial charge in [0.25, 0.3) is 0 Å². The molecule has 0 amide bonds. The van der Waals surface area contributed by atoms with E-state index in [-0.39, 0.29) is 12.6 Å². The maximum atomic E-state index is 13.5. The number of benzene rings is 2. The molecule has 2 aliphatic carbocycles. The number of rotatable bonds is 3. The van der Waals surface area contributed by atoms with E-state index in [0.29, 0.717) is 18.4 Å². The highest BCUT2D eigenvalue weighted by Crippen LogP contribution is 2.38. The van der Waals surface area contributed by atoms with Crippen molar-refractivity contribution >= 4 is 34.3 Å². The van der Waals surface area contributed by atoms with Gasteiger partial charge in [0.05, 0.1) is 16.8 Å². The zero-order valence-electron chi connectivity index (χ0n) is 18.8. The third-order valence-corrected chi connectivity index (χ3v) is 6.86. The Bertz CT molecular complexity index is 1340. The zero-order valence-corrected chi connectivity index (χ0v) is 18.8. The normalized spacial score (nSPS) is 20.4. The predicted octanol–water partition coefficient (Wildman–Crippen LogP) is 5.51. The van der Waals surface area contributed by atoms with Crippen LogP contribution in [0.5, 0.6) is 11.5 Å². The number of hydrogen-bond acceptors (Lipinski definition) is 6. The molecule has 0 saturated heterocycles. The number of fused-ring (bicyclic) bond motifs is 3. The number of pyridine rings is 1. The van der Waals surface area contributed by atoms with E-state index in [2.05, 4.69) is 6.08 Å². The molecule has 1 aromatic heterocycles. The van der Waals surface area contributed by atoms with Crippen LogP contribution in [-0.4, -0.2) is 29.6 Å². The van der Waals surface area contributed by atoms with Crippen molar-refractivity contribution in [2.45, 2.75) is 51.0 Å². The molecule has 2 heterocycles. The number of allylic oxidation sites excluding steroid dienone is 1. The summed E-state index contributed by atoms with van der Waals surface area (Å²) in [5.41, 5.74) is 5.12. The number of para-hydroxylation sites is 1. The van der Waals surface area contributed by atoms with Gasteiger partial charge in [0.1, 0.15) is 0 Å². The fourth-order valence-electron chi connectivity index (χ4n) is 5.18. The number of esters is 1. The van der Waals surface area contributed by atoms with E-state index in [0.717, 1.165) is 76.9 Å². The molecular weight excluding hydrogens is 430 g/mol. The Kier molecular flexibility index (Phi) is 5.28. The first-order chi connectivity index (χ1) is 16.7. The van der Waals surface area contributed by atoms with Crippen molar-refractivity contribution < 1.29 is 23.8 Å². The summed E-state index contributed by atoms with van der Waals surface area (Å²) < 4.78 is 16.8. The van der Waals surface area contributed by atoms with Crippen LogP contribution in [-0.2, 0) is 16.0 Å². The van der Waals surface area contributed by atoms with Crippen molar-refractivity contribution in [1.82, 2.24) is 4.98 Å². The fourth-order valence-corrected chi connectivity index (χ4v) is 5.18. The van der Waals surface area contributed by atoms with Crippen LogP contribution in [0.25, 0.3) is 22.6 Å². The van der Waals surface area contributed by atoms with Gasteiger partial charge >= 0.3 is 5.97 Å². The topological polar surface area (TPSA) is 74.7 Å². The highest BCUT2D eigenvalue weighted by molar-refractivity contribution is 6.07. The average Bonchev–Trinajstić information content (AvgIpc) is 3.32. The Morgan fingerprint density at radius 2 is 1.88 bits per heavy atom. The van der Waals surface area contributed by atoms with Crippen molar-refractivity contribution in [2.24, 2.45) is 0 Å². The van der Waals surface area contributed by atoms with E-state index in [1.165, 1.54) is 0 Å². The second kappa shape index (κ2) is 8.60. The summed E-state index contributed by atoms with van der Waals surface area (Å²) >= 11 is 0. The van der Waals surface area contributed by atoms with Crippen LogP contribution in [0.15, 0.2) is 42.5 Å². The number of carbonyl (C=O) groups excluding carboxylic acids is 2. The Labute approximate surface area is 197 Å². The fraction of sp³-hybridized carbons (Fsp3) is 0.321. The van der Waals surface area contributed by atoms with Crippen LogP contribution in [0.2, 0.25) is 0 Å². The van der Waals surface area contributed by atoms with E-state index < -0.39 is 12.1 Å². The predicted molar refractivity (Wildman–Crippen MR) is 128 cm³/mol. The number of aromatic nitrogens is 1. The second-order valence-corrected chi connectivity index (χ2v) is 9.07. The van der Waals surface area contributed by atoms with Crippen LogP contribution >= 0.6 is 0 Å². The first-order valence-electron chi connectivity index (χ1n) is 11.9. The van der Waals surface area contributed by atoms with Gasteiger partial charge in [0.2, 0.25) is 6.79 Å². The lowest BCUT2D eigenvalue weighted by atomic mass is 9.85. The van der Waals surface area contributed by atoms with Gasteiger partial charge in [-0.05, 0) is 79.5 Å². The van der Waals surface area contributed by atoms with Crippen LogP contribution < -0.4 is 9.47 Å². The maximum absolute atomic E-state index is 13.5. The monoisotopic (exact) mass is 455 g/mol. The van der Waals surface area contributed by atoms with Crippen molar-refractivity contribution in [3.8, 4) is 11.5 Å². The van der Waals surface area contributed by atoms with E-state index in [1.807, 2.05) is 42.5 Å². The largest absolute Gasteiger partial charge is 0.454 e. The molecule has 0 spiro atoms. The molecule has 1 saturated carbocycles. The second-order valence-electron chi connectivity index (χ2n) is 9.07. The lowest BCUT2D eigenvalue weighted by Crippen LogP contribution is -2.30. The van der Waals surface area contributed by atoms with Crippen molar-refractivity contribution in [1.29, 1.82) is 0 Å². The van der Waals surface area contributed by atoms with Crippen molar-refractivity contribution in [2.75, 3.05) is 6.79 Å². The minimum atomic E-state index is -0.643. The summed E-state index contributed by atoms with van der Waals surface area (Å²) in [6.07, 6.45) is 6.84.